The molecule has 134 valence electrons. The fourth-order valence-electron chi connectivity index (χ4n) is 3.26. The fourth-order valence-corrected chi connectivity index (χ4v) is 5.03. The lowest BCUT2D eigenvalue weighted by atomic mass is 10.1. The molecule has 3 rings (SSSR count). The highest BCUT2D eigenvalue weighted by molar-refractivity contribution is 7.91. The normalized spacial score (nSPS) is 19.2. The van der Waals surface area contributed by atoms with Crippen LogP contribution in [0.5, 0.6) is 0 Å². The van der Waals surface area contributed by atoms with E-state index in [0.717, 1.165) is 16.5 Å². The molecule has 1 aliphatic rings. The van der Waals surface area contributed by atoms with Crippen LogP contribution in [0.25, 0.3) is 10.9 Å². The van der Waals surface area contributed by atoms with Gasteiger partial charge in [-0.2, -0.15) is 0 Å². The zero-order valence-corrected chi connectivity index (χ0v) is 15.2. The lowest BCUT2D eigenvalue weighted by molar-refractivity contribution is -0.131. The van der Waals surface area contributed by atoms with E-state index in [1.165, 1.54) is 4.90 Å². The fraction of sp³-hybridized carbons (Fsp3) is 0.444. The molecule has 1 amide bonds. The van der Waals surface area contributed by atoms with Gasteiger partial charge in [-0.15, -0.1) is 0 Å². The summed E-state index contributed by atoms with van der Waals surface area (Å²) < 4.78 is 23.1. The lowest BCUT2D eigenvalue weighted by Gasteiger charge is -2.23. The van der Waals surface area contributed by atoms with Crippen LogP contribution in [0.1, 0.15) is 24.0 Å². The van der Waals surface area contributed by atoms with Crippen LogP contribution >= 0.6 is 0 Å². The monoisotopic (exact) mass is 362 g/mol. The topological polar surface area (TPSA) is 87.3 Å². The maximum absolute atomic E-state index is 12.4. The molecule has 0 spiro atoms. The third-order valence-electron chi connectivity index (χ3n) is 4.83. The number of benzene rings is 1. The van der Waals surface area contributed by atoms with Crippen molar-refractivity contribution >= 4 is 26.6 Å². The van der Waals surface area contributed by atoms with E-state index in [0.29, 0.717) is 18.4 Å². The first-order valence-electron chi connectivity index (χ1n) is 8.34. The second-order valence-corrected chi connectivity index (χ2v) is 9.00. The van der Waals surface area contributed by atoms with Gasteiger partial charge in [-0.05, 0) is 43.4 Å². The molecule has 0 aliphatic carbocycles. The lowest BCUT2D eigenvalue weighted by Crippen LogP contribution is -2.38. The van der Waals surface area contributed by atoms with E-state index in [4.69, 9.17) is 0 Å². The van der Waals surface area contributed by atoms with Gasteiger partial charge in [0.25, 0.3) is 5.56 Å². The summed E-state index contributed by atoms with van der Waals surface area (Å²) in [6.07, 6.45) is 1.01. The molecular formula is C18H22N2O4S. The van der Waals surface area contributed by atoms with E-state index in [-0.39, 0.29) is 35.4 Å². The molecule has 2 aromatic rings. The number of nitrogens with zero attached hydrogens (tertiary/aromatic N) is 1. The summed E-state index contributed by atoms with van der Waals surface area (Å²) in [6, 6.07) is 7.37. The van der Waals surface area contributed by atoms with Crippen LogP contribution in [0.3, 0.4) is 0 Å². The molecule has 0 bridgehead atoms. The van der Waals surface area contributed by atoms with E-state index in [2.05, 4.69) is 4.98 Å². The van der Waals surface area contributed by atoms with Crippen LogP contribution in [0.4, 0.5) is 0 Å². The van der Waals surface area contributed by atoms with Crippen molar-refractivity contribution < 1.29 is 13.2 Å². The van der Waals surface area contributed by atoms with Gasteiger partial charge in [0.1, 0.15) is 0 Å². The van der Waals surface area contributed by atoms with Crippen molar-refractivity contribution in [1.29, 1.82) is 0 Å². The zero-order valence-electron chi connectivity index (χ0n) is 14.4. The van der Waals surface area contributed by atoms with Crippen LogP contribution in [0.15, 0.2) is 29.1 Å². The number of amides is 1. The number of pyridine rings is 1. The number of carbonyl (C=O) groups is 1. The molecule has 1 unspecified atom stereocenters. The molecule has 1 atom stereocenters. The Hall–Kier alpha value is -2.15. The number of fused-ring (bicyclic) bond motifs is 1. The van der Waals surface area contributed by atoms with Gasteiger partial charge < -0.3 is 9.88 Å². The summed E-state index contributed by atoms with van der Waals surface area (Å²) in [5.74, 6) is 0.0372. The number of aromatic nitrogens is 1. The average molecular weight is 362 g/mol. The quantitative estimate of drug-likeness (QED) is 0.891. The second kappa shape index (κ2) is 6.63. The Morgan fingerprint density at radius 3 is 2.76 bits per heavy atom. The number of nitrogens with one attached hydrogen (secondary N) is 1. The minimum Gasteiger partial charge on any atom is -0.342 e. The van der Waals surface area contributed by atoms with Gasteiger partial charge in [0, 0.05) is 30.6 Å². The van der Waals surface area contributed by atoms with E-state index < -0.39 is 9.84 Å². The second-order valence-electron chi connectivity index (χ2n) is 6.78. The Labute approximate surface area is 146 Å². The molecule has 1 aromatic heterocycles. The van der Waals surface area contributed by atoms with Crippen molar-refractivity contribution in [2.45, 2.75) is 32.2 Å². The van der Waals surface area contributed by atoms with Crippen molar-refractivity contribution in [3.63, 3.8) is 0 Å². The zero-order chi connectivity index (χ0) is 18.2. The highest BCUT2D eigenvalue weighted by Crippen LogP contribution is 2.18. The number of hydrogen-bond acceptors (Lipinski definition) is 4. The maximum atomic E-state index is 12.4. The largest absolute Gasteiger partial charge is 0.342 e. The predicted octanol–water partition coefficient (Wildman–Crippen LogP) is 1.41. The molecule has 6 nitrogen and oxygen atoms in total. The summed E-state index contributed by atoms with van der Waals surface area (Å²) in [4.78, 5) is 28.9. The maximum Gasteiger partial charge on any atom is 0.251 e. The average Bonchev–Trinajstić information content (AvgIpc) is 2.92. The van der Waals surface area contributed by atoms with Gasteiger partial charge in [-0.1, -0.05) is 11.6 Å². The molecule has 1 saturated heterocycles. The van der Waals surface area contributed by atoms with E-state index >= 15 is 0 Å². The van der Waals surface area contributed by atoms with Crippen LogP contribution in [-0.2, 0) is 21.1 Å². The molecule has 7 heteroatoms. The van der Waals surface area contributed by atoms with E-state index in [1.807, 2.05) is 31.2 Å². The van der Waals surface area contributed by atoms with Crippen LogP contribution in [-0.4, -0.2) is 48.8 Å². The van der Waals surface area contributed by atoms with Crippen molar-refractivity contribution in [3.05, 3.63) is 45.7 Å². The molecule has 1 fully saturated rings. The third kappa shape index (κ3) is 3.92. The minimum absolute atomic E-state index is 0.0328. The number of hydrogen-bond donors (Lipinski definition) is 1. The number of H-pyrrole nitrogens is 1. The smallest absolute Gasteiger partial charge is 0.251 e. The van der Waals surface area contributed by atoms with Crippen molar-refractivity contribution in [3.8, 4) is 0 Å². The SMILES string of the molecule is Cc1ccc2[nH]c(=O)c(CCC(=O)N(C)C3CCS(=O)(=O)C3)cc2c1. The minimum atomic E-state index is -3.03. The Kier molecular flexibility index (Phi) is 4.69. The molecule has 25 heavy (non-hydrogen) atoms. The first-order chi connectivity index (χ1) is 11.7. The Morgan fingerprint density at radius 1 is 1.32 bits per heavy atom. The molecule has 0 radical (unpaired) electrons. The molecule has 1 N–H and O–H groups in total. The number of aryl methyl sites for hydroxylation is 2. The summed E-state index contributed by atoms with van der Waals surface area (Å²) in [5, 5.41) is 0.942. The molecular weight excluding hydrogens is 340 g/mol. The van der Waals surface area contributed by atoms with Gasteiger partial charge in [-0.3, -0.25) is 9.59 Å². The standard InChI is InChI=1S/C18H22N2O4S/c1-12-3-5-16-14(9-12)10-13(18(22)19-16)4-6-17(21)20(2)15-7-8-25(23,24)11-15/h3,5,9-10,15H,4,6-8,11H2,1-2H3,(H,19,22). The van der Waals surface area contributed by atoms with Crippen LogP contribution in [0, 0.1) is 6.92 Å². The number of aromatic amines is 1. The van der Waals surface area contributed by atoms with Gasteiger partial charge in [0.2, 0.25) is 5.91 Å². The molecule has 0 saturated carbocycles. The number of sulfone groups is 1. The van der Waals surface area contributed by atoms with Crippen LogP contribution in [0.2, 0.25) is 0 Å². The van der Waals surface area contributed by atoms with Crippen molar-refractivity contribution in [1.82, 2.24) is 9.88 Å². The van der Waals surface area contributed by atoms with Gasteiger partial charge >= 0.3 is 0 Å². The third-order valence-corrected chi connectivity index (χ3v) is 6.58. The van der Waals surface area contributed by atoms with Crippen LogP contribution < -0.4 is 5.56 Å². The summed E-state index contributed by atoms with van der Waals surface area (Å²) >= 11 is 0. The van der Waals surface area contributed by atoms with Gasteiger partial charge in [0.05, 0.1) is 11.5 Å². The van der Waals surface area contributed by atoms with Gasteiger partial charge in [-0.25, -0.2) is 8.42 Å². The van der Waals surface area contributed by atoms with Gasteiger partial charge in [0.15, 0.2) is 9.84 Å². The Bertz CT molecular complexity index is 978. The number of carbonyl (C=O) groups excluding carboxylic acids is 1. The summed E-state index contributed by atoms with van der Waals surface area (Å²) in [5.41, 5.74) is 2.26. The predicted molar refractivity (Wildman–Crippen MR) is 97.5 cm³/mol. The first kappa shape index (κ1) is 17.7. The summed E-state index contributed by atoms with van der Waals surface area (Å²) in [6.45, 7) is 1.98. The first-order valence-corrected chi connectivity index (χ1v) is 10.2. The van der Waals surface area contributed by atoms with Crippen molar-refractivity contribution in [2.24, 2.45) is 0 Å². The summed E-state index contributed by atoms with van der Waals surface area (Å²) in [7, 11) is -1.38. The molecule has 2 heterocycles. The molecule has 1 aromatic carbocycles. The Balaban J connectivity index is 1.70. The number of rotatable bonds is 4. The highest BCUT2D eigenvalue weighted by atomic mass is 32.2. The Morgan fingerprint density at radius 2 is 2.08 bits per heavy atom. The molecule has 1 aliphatic heterocycles. The highest BCUT2D eigenvalue weighted by Gasteiger charge is 2.32. The van der Waals surface area contributed by atoms with Crippen molar-refractivity contribution in [2.75, 3.05) is 18.6 Å². The van der Waals surface area contributed by atoms with E-state index in [9.17, 15) is 18.0 Å². The van der Waals surface area contributed by atoms with E-state index in [1.54, 1.807) is 7.05 Å².